The lowest BCUT2D eigenvalue weighted by Gasteiger charge is -2.55. The first kappa shape index (κ1) is 21.7. The molecular formula is C25H29N3O5. The molecule has 4 aliphatic carbocycles. The quantitative estimate of drug-likeness (QED) is 0.532. The van der Waals surface area contributed by atoms with Gasteiger partial charge in [0.05, 0.1) is 12.0 Å². The van der Waals surface area contributed by atoms with E-state index in [1.165, 1.54) is 30.9 Å². The Kier molecular flexibility index (Phi) is 5.26. The van der Waals surface area contributed by atoms with Crippen molar-refractivity contribution in [3.05, 3.63) is 62.3 Å². The second kappa shape index (κ2) is 8.01. The lowest BCUT2D eigenvalue weighted by molar-refractivity contribution is -0.170. The molecule has 4 aliphatic rings. The predicted molar refractivity (Wildman–Crippen MR) is 122 cm³/mol. The molecule has 2 N–H and O–H groups in total. The van der Waals surface area contributed by atoms with Gasteiger partial charge < -0.3 is 10.5 Å². The maximum Gasteiger partial charge on any atom is 0.332 e. The summed E-state index contributed by atoms with van der Waals surface area (Å²) in [4.78, 5) is 51.5. The molecule has 1 aromatic carbocycles. The second-order valence-corrected chi connectivity index (χ2v) is 10.2. The minimum absolute atomic E-state index is 0.118. The number of carbonyl (C=O) groups is 2. The molecule has 0 aliphatic heterocycles. The van der Waals surface area contributed by atoms with Gasteiger partial charge in [0.25, 0.3) is 5.56 Å². The Morgan fingerprint density at radius 3 is 2.18 bits per heavy atom. The first-order valence-electron chi connectivity index (χ1n) is 11.6. The smallest absolute Gasteiger partial charge is 0.332 e. The number of esters is 1. The van der Waals surface area contributed by atoms with Crippen molar-refractivity contribution in [1.82, 2.24) is 9.13 Å². The van der Waals surface area contributed by atoms with E-state index in [9.17, 15) is 19.2 Å². The van der Waals surface area contributed by atoms with Gasteiger partial charge in [-0.05, 0) is 61.8 Å². The molecule has 4 saturated carbocycles. The molecule has 6 rings (SSSR count). The number of carbonyl (C=O) groups excluding carboxylic acids is 2. The van der Waals surface area contributed by atoms with Crippen LogP contribution in [0, 0.1) is 23.2 Å². The minimum Gasteiger partial charge on any atom is -0.457 e. The number of nitrogens with zero attached hydrogens (tertiary/aromatic N) is 2. The van der Waals surface area contributed by atoms with Crippen LogP contribution in [0.2, 0.25) is 0 Å². The van der Waals surface area contributed by atoms with Gasteiger partial charge in [-0.3, -0.25) is 23.5 Å². The Bertz CT molecular complexity index is 1190. The molecule has 8 nitrogen and oxygen atoms in total. The summed E-state index contributed by atoms with van der Waals surface area (Å²) < 4.78 is 7.57. The average Bonchev–Trinajstić information content (AvgIpc) is 2.79. The molecule has 0 atom stereocenters. The Balaban J connectivity index is 1.37. The summed E-state index contributed by atoms with van der Waals surface area (Å²) in [6, 6.07) is 9.16. The summed E-state index contributed by atoms with van der Waals surface area (Å²) in [6.07, 6.45) is 6.08. The molecule has 4 bridgehead atoms. The van der Waals surface area contributed by atoms with Gasteiger partial charge in [0.1, 0.15) is 11.4 Å². The second-order valence-electron chi connectivity index (χ2n) is 10.2. The van der Waals surface area contributed by atoms with E-state index in [0.29, 0.717) is 17.8 Å². The van der Waals surface area contributed by atoms with Crippen molar-refractivity contribution >= 4 is 17.6 Å². The van der Waals surface area contributed by atoms with Crippen molar-refractivity contribution in [1.29, 1.82) is 0 Å². The summed E-state index contributed by atoms with van der Waals surface area (Å²) in [5.41, 5.74) is 4.76. The number of nitrogens with two attached hydrogens (primary N) is 1. The fraction of sp³-hybridized carbons (Fsp3) is 0.520. The molecule has 0 spiro atoms. The largest absolute Gasteiger partial charge is 0.457 e. The van der Waals surface area contributed by atoms with Gasteiger partial charge in [0, 0.05) is 7.05 Å². The van der Waals surface area contributed by atoms with Gasteiger partial charge in [-0.25, -0.2) is 4.79 Å². The van der Waals surface area contributed by atoms with Crippen LogP contribution in [0.25, 0.3) is 0 Å². The number of ether oxygens (including phenoxy) is 1. The maximum absolute atomic E-state index is 13.1. The van der Waals surface area contributed by atoms with E-state index in [2.05, 4.69) is 0 Å². The number of anilines is 1. The maximum atomic E-state index is 13.1. The molecule has 0 amide bonds. The number of hydrogen-bond donors (Lipinski definition) is 1. The summed E-state index contributed by atoms with van der Waals surface area (Å²) >= 11 is 0. The molecule has 1 heterocycles. The van der Waals surface area contributed by atoms with Crippen LogP contribution >= 0.6 is 0 Å². The average molecular weight is 452 g/mol. The van der Waals surface area contributed by atoms with Gasteiger partial charge in [-0.2, -0.15) is 0 Å². The van der Waals surface area contributed by atoms with Crippen molar-refractivity contribution in [2.75, 3.05) is 12.3 Å². The molecule has 2 aromatic rings. The first-order chi connectivity index (χ1) is 15.8. The van der Waals surface area contributed by atoms with E-state index in [-0.39, 0.29) is 23.9 Å². The van der Waals surface area contributed by atoms with Crippen LogP contribution in [0.3, 0.4) is 0 Å². The molecule has 174 valence electrons. The van der Waals surface area contributed by atoms with Gasteiger partial charge in [-0.15, -0.1) is 0 Å². The Hall–Kier alpha value is -3.16. The highest BCUT2D eigenvalue weighted by Gasteiger charge is 2.55. The lowest BCUT2D eigenvalue weighted by Crippen LogP contribution is -2.51. The molecular weight excluding hydrogens is 422 g/mol. The van der Waals surface area contributed by atoms with Crippen LogP contribution in [0.5, 0.6) is 0 Å². The monoisotopic (exact) mass is 451 g/mol. The van der Waals surface area contributed by atoms with Crippen molar-refractivity contribution < 1.29 is 14.3 Å². The highest BCUT2D eigenvalue weighted by molar-refractivity contribution is 6.01. The van der Waals surface area contributed by atoms with E-state index in [1.807, 2.05) is 30.3 Å². The van der Waals surface area contributed by atoms with E-state index < -0.39 is 29.1 Å². The minimum atomic E-state index is -0.780. The number of hydrogen-bond acceptors (Lipinski definition) is 6. The molecule has 0 radical (unpaired) electrons. The Morgan fingerprint density at radius 2 is 1.61 bits per heavy atom. The van der Waals surface area contributed by atoms with Crippen molar-refractivity contribution in [3.8, 4) is 0 Å². The normalized spacial score (nSPS) is 27.5. The standard InChI is InChI=1S/C25H29N3O5/c1-27-22(30)20(21(26)28(24(27)32)13-15-5-3-2-4-6-15)19(29)14-33-23(31)25-10-16-7-17(11-25)9-18(8-16)12-25/h2-6,16-18H,7-14,26H2,1H3. The van der Waals surface area contributed by atoms with Gasteiger partial charge in [0.15, 0.2) is 6.61 Å². The third-order valence-corrected chi connectivity index (χ3v) is 7.85. The third-order valence-electron chi connectivity index (χ3n) is 7.85. The Labute approximate surface area is 191 Å². The Morgan fingerprint density at radius 1 is 1.03 bits per heavy atom. The van der Waals surface area contributed by atoms with Crippen molar-refractivity contribution in [2.24, 2.45) is 30.2 Å². The highest BCUT2D eigenvalue weighted by atomic mass is 16.5. The van der Waals surface area contributed by atoms with E-state index >= 15 is 0 Å². The summed E-state index contributed by atoms with van der Waals surface area (Å²) in [5.74, 6) is 0.496. The van der Waals surface area contributed by atoms with Gasteiger partial charge in [0.2, 0.25) is 5.78 Å². The fourth-order valence-electron chi connectivity index (χ4n) is 6.68. The van der Waals surface area contributed by atoms with Crippen molar-refractivity contribution in [3.63, 3.8) is 0 Å². The number of ketones is 1. The first-order valence-corrected chi connectivity index (χ1v) is 11.6. The fourth-order valence-corrected chi connectivity index (χ4v) is 6.68. The zero-order valence-corrected chi connectivity index (χ0v) is 18.8. The van der Waals surface area contributed by atoms with Crippen LogP contribution in [0.1, 0.15) is 54.4 Å². The third kappa shape index (κ3) is 3.71. The van der Waals surface area contributed by atoms with Crippen LogP contribution in [0.15, 0.2) is 39.9 Å². The van der Waals surface area contributed by atoms with E-state index in [4.69, 9.17) is 10.5 Å². The number of aromatic nitrogens is 2. The molecule has 1 aromatic heterocycles. The number of rotatable bonds is 6. The lowest BCUT2D eigenvalue weighted by atomic mass is 9.49. The van der Waals surface area contributed by atoms with Crippen LogP contribution < -0.4 is 17.0 Å². The van der Waals surface area contributed by atoms with Crippen LogP contribution in [-0.2, 0) is 23.1 Å². The van der Waals surface area contributed by atoms with Gasteiger partial charge in [-0.1, -0.05) is 30.3 Å². The van der Waals surface area contributed by atoms with Crippen molar-refractivity contribution in [2.45, 2.75) is 45.1 Å². The highest BCUT2D eigenvalue weighted by Crippen LogP contribution is 2.60. The molecule has 4 fully saturated rings. The summed E-state index contributed by atoms with van der Waals surface area (Å²) in [7, 11) is 1.31. The van der Waals surface area contributed by atoms with Crippen LogP contribution in [-0.4, -0.2) is 27.5 Å². The number of benzene rings is 1. The predicted octanol–water partition coefficient (Wildman–Crippen LogP) is 2.12. The van der Waals surface area contributed by atoms with E-state index in [0.717, 1.165) is 29.4 Å². The number of Topliss-reactive ketones (excluding diaryl/α,β-unsaturated/α-hetero) is 1. The SMILES string of the molecule is Cn1c(=O)c(C(=O)COC(=O)C23CC4CC(CC(C4)C2)C3)c(N)n(Cc2ccccc2)c1=O. The van der Waals surface area contributed by atoms with E-state index in [1.54, 1.807) is 0 Å². The zero-order chi connectivity index (χ0) is 23.3. The zero-order valence-electron chi connectivity index (χ0n) is 18.8. The molecule has 0 saturated heterocycles. The van der Waals surface area contributed by atoms with Gasteiger partial charge >= 0.3 is 11.7 Å². The number of nitrogen functional groups attached to an aromatic ring is 1. The topological polar surface area (TPSA) is 113 Å². The summed E-state index contributed by atoms with van der Waals surface area (Å²) in [6.45, 7) is -0.434. The van der Waals surface area contributed by atoms with Crippen LogP contribution in [0.4, 0.5) is 5.82 Å². The molecule has 33 heavy (non-hydrogen) atoms. The molecule has 0 unspecified atom stereocenters. The molecule has 8 heteroatoms. The summed E-state index contributed by atoms with van der Waals surface area (Å²) in [5, 5.41) is 0.